The van der Waals surface area contributed by atoms with Gasteiger partial charge in [0.05, 0.1) is 11.3 Å². The summed E-state index contributed by atoms with van der Waals surface area (Å²) in [5.74, 6) is -0.261. The molecular weight excluding hydrogens is 297 g/mol. The van der Waals surface area contributed by atoms with Crippen LogP contribution in [0.4, 0.5) is 10.1 Å². The number of nitrogens with zero attached hydrogens (tertiary/aromatic N) is 3. The van der Waals surface area contributed by atoms with Gasteiger partial charge in [0.15, 0.2) is 5.52 Å². The van der Waals surface area contributed by atoms with Crippen LogP contribution in [0.1, 0.15) is 25.0 Å². The molecule has 0 radical (unpaired) electrons. The second-order valence-corrected chi connectivity index (χ2v) is 6.17. The first kappa shape index (κ1) is 15.4. The van der Waals surface area contributed by atoms with Crippen LogP contribution in [0.3, 0.4) is 0 Å². The number of rotatable bonds is 4. The van der Waals surface area contributed by atoms with Crippen LogP contribution < -0.4 is 4.90 Å². The standard InChI is InChI=1S/C17H18FN3O2/c1-17(2,22)12-8-14-16(20-23-19-14)15(9-12)21(3)10-11-4-6-13(18)7-5-11/h4-9,22H,10H2,1-3H3. The van der Waals surface area contributed by atoms with Crippen molar-refractivity contribution >= 4 is 16.7 Å². The Bertz CT molecular complexity index is 822. The van der Waals surface area contributed by atoms with Crippen molar-refractivity contribution in [1.82, 2.24) is 10.3 Å². The number of aromatic nitrogens is 2. The van der Waals surface area contributed by atoms with Crippen molar-refractivity contribution in [1.29, 1.82) is 0 Å². The van der Waals surface area contributed by atoms with Crippen molar-refractivity contribution < 1.29 is 14.1 Å². The molecular formula is C17H18FN3O2. The summed E-state index contributed by atoms with van der Waals surface area (Å²) in [7, 11) is 1.90. The average Bonchev–Trinajstić information content (AvgIpc) is 2.96. The highest BCUT2D eigenvalue weighted by atomic mass is 19.1. The minimum absolute atomic E-state index is 0.261. The van der Waals surface area contributed by atoms with Gasteiger partial charge >= 0.3 is 0 Å². The number of hydrogen-bond acceptors (Lipinski definition) is 5. The SMILES string of the molecule is CN(Cc1ccc(F)cc1)c1cc(C(C)(C)O)cc2nonc12. The molecule has 3 rings (SSSR count). The highest BCUT2D eigenvalue weighted by Gasteiger charge is 2.21. The Hall–Kier alpha value is -2.47. The molecule has 0 saturated carbocycles. The molecule has 3 aromatic rings. The second-order valence-electron chi connectivity index (χ2n) is 6.17. The van der Waals surface area contributed by atoms with Crippen LogP contribution >= 0.6 is 0 Å². The highest BCUT2D eigenvalue weighted by molar-refractivity contribution is 5.88. The third-order valence-corrected chi connectivity index (χ3v) is 3.79. The minimum Gasteiger partial charge on any atom is -0.386 e. The van der Waals surface area contributed by atoms with E-state index in [1.807, 2.05) is 18.0 Å². The summed E-state index contributed by atoms with van der Waals surface area (Å²) in [4.78, 5) is 1.97. The molecule has 0 bridgehead atoms. The second kappa shape index (κ2) is 5.62. The van der Waals surface area contributed by atoms with Gasteiger partial charge in [0.25, 0.3) is 0 Å². The molecule has 0 aliphatic rings. The maximum Gasteiger partial charge on any atom is 0.158 e. The molecule has 0 fully saturated rings. The van der Waals surface area contributed by atoms with E-state index in [0.29, 0.717) is 17.6 Å². The van der Waals surface area contributed by atoms with Gasteiger partial charge in [-0.25, -0.2) is 9.02 Å². The van der Waals surface area contributed by atoms with Crippen LogP contribution in [0.25, 0.3) is 11.0 Å². The quantitative estimate of drug-likeness (QED) is 0.801. The summed E-state index contributed by atoms with van der Waals surface area (Å²) in [5, 5.41) is 18.1. The molecule has 120 valence electrons. The Morgan fingerprint density at radius 1 is 1.17 bits per heavy atom. The van der Waals surface area contributed by atoms with Crippen LogP contribution in [-0.2, 0) is 12.1 Å². The molecule has 1 heterocycles. The van der Waals surface area contributed by atoms with E-state index in [2.05, 4.69) is 10.3 Å². The van der Waals surface area contributed by atoms with Crippen molar-refractivity contribution in [2.45, 2.75) is 26.0 Å². The van der Waals surface area contributed by atoms with Crippen LogP contribution in [0.2, 0.25) is 0 Å². The van der Waals surface area contributed by atoms with Crippen LogP contribution in [0.15, 0.2) is 41.0 Å². The molecule has 1 aromatic heterocycles. The molecule has 0 saturated heterocycles. The third kappa shape index (κ3) is 3.17. The molecule has 5 nitrogen and oxygen atoms in total. The predicted molar refractivity (Wildman–Crippen MR) is 85.6 cm³/mol. The zero-order valence-corrected chi connectivity index (χ0v) is 13.2. The van der Waals surface area contributed by atoms with Gasteiger partial charge in [0, 0.05) is 13.6 Å². The predicted octanol–water partition coefficient (Wildman–Crippen LogP) is 3.23. The summed E-state index contributed by atoms with van der Waals surface area (Å²) in [6.07, 6.45) is 0. The Kier molecular flexibility index (Phi) is 3.77. The van der Waals surface area contributed by atoms with E-state index < -0.39 is 5.60 Å². The van der Waals surface area contributed by atoms with Crippen molar-refractivity contribution in [3.05, 3.63) is 53.3 Å². The van der Waals surface area contributed by atoms with E-state index in [1.54, 1.807) is 32.0 Å². The summed E-state index contributed by atoms with van der Waals surface area (Å²) >= 11 is 0. The maximum atomic E-state index is 13.0. The lowest BCUT2D eigenvalue weighted by atomic mass is 9.97. The monoisotopic (exact) mass is 315 g/mol. The Balaban J connectivity index is 2.00. The molecule has 1 N–H and O–H groups in total. The number of benzene rings is 2. The zero-order chi connectivity index (χ0) is 16.6. The van der Waals surface area contributed by atoms with Crippen molar-refractivity contribution in [3.63, 3.8) is 0 Å². The summed E-state index contributed by atoms with van der Waals surface area (Å²) < 4.78 is 17.9. The van der Waals surface area contributed by atoms with Gasteiger partial charge < -0.3 is 10.0 Å². The molecule has 6 heteroatoms. The lowest BCUT2D eigenvalue weighted by Crippen LogP contribution is -2.20. The van der Waals surface area contributed by atoms with E-state index in [9.17, 15) is 9.50 Å². The van der Waals surface area contributed by atoms with Gasteiger partial charge in [0.2, 0.25) is 0 Å². The Labute approximate surface area is 133 Å². The summed E-state index contributed by atoms with van der Waals surface area (Å²) in [6.45, 7) is 3.99. The van der Waals surface area contributed by atoms with Crippen LogP contribution in [-0.4, -0.2) is 22.5 Å². The largest absolute Gasteiger partial charge is 0.386 e. The average molecular weight is 315 g/mol. The highest BCUT2D eigenvalue weighted by Crippen LogP contribution is 2.31. The maximum absolute atomic E-state index is 13.0. The number of halogens is 1. The summed E-state index contributed by atoms with van der Waals surface area (Å²) in [6, 6.07) is 9.98. The van der Waals surface area contributed by atoms with Gasteiger partial charge in [-0.05, 0) is 59.6 Å². The van der Waals surface area contributed by atoms with Gasteiger partial charge in [0.1, 0.15) is 11.3 Å². The number of fused-ring (bicyclic) bond motifs is 1. The molecule has 0 spiro atoms. The van der Waals surface area contributed by atoms with E-state index in [1.165, 1.54) is 12.1 Å². The number of anilines is 1. The molecule has 2 aromatic carbocycles. The van der Waals surface area contributed by atoms with Gasteiger partial charge in [-0.2, -0.15) is 0 Å². The van der Waals surface area contributed by atoms with E-state index >= 15 is 0 Å². The van der Waals surface area contributed by atoms with E-state index in [-0.39, 0.29) is 5.82 Å². The van der Waals surface area contributed by atoms with Crippen LogP contribution in [0, 0.1) is 5.82 Å². The molecule has 23 heavy (non-hydrogen) atoms. The Morgan fingerprint density at radius 2 is 1.87 bits per heavy atom. The number of aliphatic hydroxyl groups is 1. The third-order valence-electron chi connectivity index (χ3n) is 3.79. The fraction of sp³-hybridized carbons (Fsp3) is 0.294. The molecule has 0 unspecified atom stereocenters. The smallest absolute Gasteiger partial charge is 0.158 e. The van der Waals surface area contributed by atoms with Gasteiger partial charge in [-0.1, -0.05) is 12.1 Å². The topological polar surface area (TPSA) is 62.4 Å². The van der Waals surface area contributed by atoms with Gasteiger partial charge in [-0.3, -0.25) is 0 Å². The molecule has 0 atom stereocenters. The first-order valence-electron chi connectivity index (χ1n) is 7.29. The molecule has 0 aliphatic heterocycles. The first-order valence-corrected chi connectivity index (χ1v) is 7.29. The fourth-order valence-corrected chi connectivity index (χ4v) is 2.47. The van der Waals surface area contributed by atoms with Gasteiger partial charge in [-0.15, -0.1) is 0 Å². The van der Waals surface area contributed by atoms with Crippen molar-refractivity contribution in [2.75, 3.05) is 11.9 Å². The van der Waals surface area contributed by atoms with Crippen molar-refractivity contribution in [3.8, 4) is 0 Å². The van der Waals surface area contributed by atoms with Crippen LogP contribution in [0.5, 0.6) is 0 Å². The lowest BCUT2D eigenvalue weighted by Gasteiger charge is -2.23. The zero-order valence-electron chi connectivity index (χ0n) is 13.2. The lowest BCUT2D eigenvalue weighted by molar-refractivity contribution is 0.0787. The van der Waals surface area contributed by atoms with Crippen molar-refractivity contribution in [2.24, 2.45) is 0 Å². The first-order chi connectivity index (χ1) is 10.8. The van der Waals surface area contributed by atoms with E-state index in [0.717, 1.165) is 16.8 Å². The number of hydrogen-bond donors (Lipinski definition) is 1. The molecule has 0 amide bonds. The fourth-order valence-electron chi connectivity index (χ4n) is 2.47. The Morgan fingerprint density at radius 3 is 2.52 bits per heavy atom. The normalized spacial score (nSPS) is 11.9. The summed E-state index contributed by atoms with van der Waals surface area (Å²) in [5.41, 5.74) is 2.70. The molecule has 0 aliphatic carbocycles. The minimum atomic E-state index is -1.00. The van der Waals surface area contributed by atoms with E-state index in [4.69, 9.17) is 4.63 Å².